The third kappa shape index (κ3) is 3.99. The third-order valence-electron chi connectivity index (χ3n) is 5.58. The Hall–Kier alpha value is -3.73. The number of para-hydroxylation sites is 1. The van der Waals surface area contributed by atoms with Crippen molar-refractivity contribution in [2.24, 2.45) is 5.92 Å². The molecule has 0 amide bonds. The van der Waals surface area contributed by atoms with E-state index in [0.29, 0.717) is 30.1 Å². The highest BCUT2D eigenvalue weighted by Crippen LogP contribution is 2.33. The summed E-state index contributed by atoms with van der Waals surface area (Å²) < 4.78 is 12.0. The van der Waals surface area contributed by atoms with Crippen molar-refractivity contribution in [2.45, 2.75) is 19.4 Å². The SMILES string of the molecule is CC(Oc1ccc2c(c1)OCC(Cc1cccnc1)C2=O)c1ccc2ccccc2n1. The minimum Gasteiger partial charge on any atom is -0.492 e. The summed E-state index contributed by atoms with van der Waals surface area (Å²) in [5.74, 6) is 1.12. The molecule has 2 atom stereocenters. The van der Waals surface area contributed by atoms with Gasteiger partial charge in [0.15, 0.2) is 5.78 Å². The van der Waals surface area contributed by atoms with Gasteiger partial charge >= 0.3 is 0 Å². The summed E-state index contributed by atoms with van der Waals surface area (Å²) in [6.45, 7) is 2.32. The zero-order valence-electron chi connectivity index (χ0n) is 17.2. The number of ketones is 1. The summed E-state index contributed by atoms with van der Waals surface area (Å²) in [4.78, 5) is 21.8. The molecule has 0 N–H and O–H groups in total. The second-order valence-electron chi connectivity index (χ2n) is 7.78. The summed E-state index contributed by atoms with van der Waals surface area (Å²) in [6, 6.07) is 21.3. The second kappa shape index (κ2) is 8.19. The lowest BCUT2D eigenvalue weighted by molar-refractivity contribution is 0.0829. The number of ether oxygens (including phenoxy) is 2. The minimum atomic E-state index is -0.236. The summed E-state index contributed by atoms with van der Waals surface area (Å²) in [7, 11) is 0. The summed E-state index contributed by atoms with van der Waals surface area (Å²) in [6.07, 6.45) is 3.91. The van der Waals surface area contributed by atoms with Crippen LogP contribution in [0.15, 0.2) is 79.1 Å². The second-order valence-corrected chi connectivity index (χ2v) is 7.78. The number of carbonyl (C=O) groups excluding carboxylic acids is 1. The molecule has 0 saturated heterocycles. The highest BCUT2D eigenvalue weighted by atomic mass is 16.5. The number of nitrogens with zero attached hydrogens (tertiary/aromatic N) is 2. The van der Waals surface area contributed by atoms with Crippen LogP contribution in [0, 0.1) is 5.92 Å². The van der Waals surface area contributed by atoms with Crippen LogP contribution >= 0.6 is 0 Å². The van der Waals surface area contributed by atoms with Gasteiger partial charge in [0.2, 0.25) is 0 Å². The predicted molar refractivity (Wildman–Crippen MR) is 118 cm³/mol. The number of Topliss-reactive ketones (excluding diaryl/α,β-unsaturated/α-hetero) is 1. The topological polar surface area (TPSA) is 61.3 Å². The Kier molecular flexibility index (Phi) is 5.08. The normalized spacial score (nSPS) is 16.4. The van der Waals surface area contributed by atoms with Gasteiger partial charge in [0.05, 0.1) is 29.3 Å². The van der Waals surface area contributed by atoms with E-state index in [2.05, 4.69) is 11.1 Å². The number of carbonyl (C=O) groups is 1. The number of hydrogen-bond donors (Lipinski definition) is 0. The third-order valence-corrected chi connectivity index (χ3v) is 5.58. The lowest BCUT2D eigenvalue weighted by atomic mass is 9.90. The highest BCUT2D eigenvalue weighted by Gasteiger charge is 2.29. The molecule has 31 heavy (non-hydrogen) atoms. The van der Waals surface area contributed by atoms with Crippen molar-refractivity contribution in [1.29, 1.82) is 0 Å². The first-order valence-electron chi connectivity index (χ1n) is 10.4. The molecule has 0 saturated carbocycles. The van der Waals surface area contributed by atoms with E-state index in [0.717, 1.165) is 22.2 Å². The molecule has 0 spiro atoms. The molecular formula is C26H22N2O3. The van der Waals surface area contributed by atoms with Gasteiger partial charge < -0.3 is 9.47 Å². The van der Waals surface area contributed by atoms with Crippen molar-refractivity contribution in [3.05, 3.63) is 95.9 Å². The molecule has 5 nitrogen and oxygen atoms in total. The molecule has 0 bridgehead atoms. The largest absolute Gasteiger partial charge is 0.492 e. The van der Waals surface area contributed by atoms with Crippen LogP contribution in [0.2, 0.25) is 0 Å². The highest BCUT2D eigenvalue weighted by molar-refractivity contribution is 6.01. The van der Waals surface area contributed by atoms with E-state index in [1.165, 1.54) is 0 Å². The van der Waals surface area contributed by atoms with Crippen LogP contribution < -0.4 is 9.47 Å². The van der Waals surface area contributed by atoms with Gasteiger partial charge in [-0.3, -0.25) is 9.78 Å². The van der Waals surface area contributed by atoms with Gasteiger partial charge in [-0.1, -0.05) is 30.3 Å². The fourth-order valence-electron chi connectivity index (χ4n) is 3.91. The van der Waals surface area contributed by atoms with Gasteiger partial charge in [0.25, 0.3) is 0 Å². The van der Waals surface area contributed by atoms with Crippen LogP contribution in [-0.2, 0) is 6.42 Å². The summed E-state index contributed by atoms with van der Waals surface area (Å²) >= 11 is 0. The zero-order valence-corrected chi connectivity index (χ0v) is 17.2. The Morgan fingerprint density at radius 1 is 1.10 bits per heavy atom. The van der Waals surface area contributed by atoms with Crippen LogP contribution in [0.4, 0.5) is 0 Å². The first kappa shape index (κ1) is 19.2. The van der Waals surface area contributed by atoms with Gasteiger partial charge in [-0.15, -0.1) is 0 Å². The van der Waals surface area contributed by atoms with E-state index in [1.54, 1.807) is 24.5 Å². The van der Waals surface area contributed by atoms with Crippen molar-refractivity contribution < 1.29 is 14.3 Å². The van der Waals surface area contributed by atoms with Gasteiger partial charge in [0, 0.05) is 23.8 Å². The van der Waals surface area contributed by atoms with E-state index in [9.17, 15) is 4.79 Å². The van der Waals surface area contributed by atoms with E-state index in [1.807, 2.05) is 55.5 Å². The monoisotopic (exact) mass is 410 g/mol. The summed E-state index contributed by atoms with van der Waals surface area (Å²) in [5, 5.41) is 1.10. The number of aromatic nitrogens is 2. The van der Waals surface area contributed by atoms with E-state index in [4.69, 9.17) is 14.5 Å². The van der Waals surface area contributed by atoms with Gasteiger partial charge in [-0.25, -0.2) is 4.98 Å². The van der Waals surface area contributed by atoms with E-state index in [-0.39, 0.29) is 17.8 Å². The Morgan fingerprint density at radius 3 is 2.87 bits per heavy atom. The summed E-state index contributed by atoms with van der Waals surface area (Å²) in [5.41, 5.74) is 3.42. The van der Waals surface area contributed by atoms with Crippen LogP contribution in [0.5, 0.6) is 11.5 Å². The Bertz CT molecular complexity index is 1240. The molecule has 1 aliphatic rings. The van der Waals surface area contributed by atoms with Crippen LogP contribution in [0.3, 0.4) is 0 Å². The molecule has 0 fully saturated rings. The molecule has 2 aromatic heterocycles. The maximum Gasteiger partial charge on any atom is 0.173 e. The molecule has 0 aliphatic carbocycles. The molecule has 0 radical (unpaired) electrons. The predicted octanol–water partition coefficient (Wildman–Crippen LogP) is 5.20. The average Bonchev–Trinajstić information content (AvgIpc) is 2.81. The van der Waals surface area contributed by atoms with Gasteiger partial charge in [-0.2, -0.15) is 0 Å². The Morgan fingerprint density at radius 2 is 2.00 bits per heavy atom. The molecule has 3 heterocycles. The molecule has 2 aromatic carbocycles. The molecule has 5 heteroatoms. The fraction of sp³-hybridized carbons (Fsp3) is 0.192. The Labute approximate surface area is 180 Å². The molecule has 154 valence electrons. The molecule has 2 unspecified atom stereocenters. The zero-order chi connectivity index (χ0) is 21.2. The quantitative estimate of drug-likeness (QED) is 0.452. The van der Waals surface area contributed by atoms with Gasteiger partial charge in [-0.05, 0) is 49.2 Å². The number of pyridine rings is 2. The number of fused-ring (bicyclic) bond motifs is 2. The van der Waals surface area contributed by atoms with E-state index < -0.39 is 0 Å². The van der Waals surface area contributed by atoms with Crippen molar-refractivity contribution in [1.82, 2.24) is 9.97 Å². The number of benzene rings is 2. The number of hydrogen-bond acceptors (Lipinski definition) is 5. The van der Waals surface area contributed by atoms with E-state index >= 15 is 0 Å². The van der Waals surface area contributed by atoms with Crippen molar-refractivity contribution in [3.8, 4) is 11.5 Å². The van der Waals surface area contributed by atoms with Crippen molar-refractivity contribution in [3.63, 3.8) is 0 Å². The molecule has 5 rings (SSSR count). The molecule has 4 aromatic rings. The van der Waals surface area contributed by atoms with Crippen LogP contribution in [0.25, 0.3) is 10.9 Å². The van der Waals surface area contributed by atoms with Crippen LogP contribution in [0.1, 0.15) is 34.6 Å². The van der Waals surface area contributed by atoms with Crippen molar-refractivity contribution in [2.75, 3.05) is 6.61 Å². The Balaban J connectivity index is 1.31. The average molecular weight is 410 g/mol. The lowest BCUT2D eigenvalue weighted by Crippen LogP contribution is -2.29. The smallest absolute Gasteiger partial charge is 0.173 e. The first-order valence-corrected chi connectivity index (χ1v) is 10.4. The van der Waals surface area contributed by atoms with Crippen LogP contribution in [-0.4, -0.2) is 22.4 Å². The lowest BCUT2D eigenvalue weighted by Gasteiger charge is -2.25. The maximum atomic E-state index is 12.9. The number of rotatable bonds is 5. The molecule has 1 aliphatic heterocycles. The minimum absolute atomic E-state index is 0.0981. The first-order chi connectivity index (χ1) is 15.2. The molecular weight excluding hydrogens is 388 g/mol. The van der Waals surface area contributed by atoms with Crippen molar-refractivity contribution >= 4 is 16.7 Å². The van der Waals surface area contributed by atoms with Gasteiger partial charge in [0.1, 0.15) is 17.6 Å². The fourth-order valence-corrected chi connectivity index (χ4v) is 3.91. The maximum absolute atomic E-state index is 12.9. The standard InChI is InChI=1S/C26H22N2O3/c1-17(23-11-8-19-6-2-3-7-24(19)28-23)31-21-9-10-22-25(14-21)30-16-20(26(22)29)13-18-5-4-12-27-15-18/h2-12,14-15,17,20H,13,16H2,1H3.